The van der Waals surface area contributed by atoms with E-state index in [1.165, 1.54) is 10.5 Å². The molecule has 1 heterocycles. The first-order chi connectivity index (χ1) is 8.37. The van der Waals surface area contributed by atoms with E-state index in [0.717, 1.165) is 13.0 Å². The molecule has 7 heteroatoms. The molecule has 1 aromatic heterocycles. The number of H-pyrrole nitrogens is 1. The van der Waals surface area contributed by atoms with Gasteiger partial charge in [-0.15, -0.1) is 0 Å². The molecule has 104 valence electrons. The standard InChI is InChI=1S/C11H22N4O2S/c1-5-10-12-9-11(13-10)18(16,17)15(4)8-6-7-14(2)3/h9H,5-8H2,1-4H3,(H,12,13). The quantitative estimate of drug-likeness (QED) is 0.788. The summed E-state index contributed by atoms with van der Waals surface area (Å²) in [6.07, 6.45) is 2.88. The van der Waals surface area contributed by atoms with Crippen LogP contribution in [0.15, 0.2) is 11.2 Å². The molecule has 0 fully saturated rings. The van der Waals surface area contributed by atoms with Gasteiger partial charge in [-0.05, 0) is 27.1 Å². The third-order valence-electron chi connectivity index (χ3n) is 2.71. The van der Waals surface area contributed by atoms with Gasteiger partial charge in [-0.25, -0.2) is 13.4 Å². The van der Waals surface area contributed by atoms with Crippen LogP contribution in [-0.4, -0.2) is 61.8 Å². The molecule has 0 aliphatic heterocycles. The summed E-state index contributed by atoms with van der Waals surface area (Å²) in [4.78, 5) is 8.89. The lowest BCUT2D eigenvalue weighted by molar-refractivity contribution is 0.370. The smallest absolute Gasteiger partial charge is 0.259 e. The maximum atomic E-state index is 12.2. The lowest BCUT2D eigenvalue weighted by atomic mass is 10.4. The molecule has 0 aromatic carbocycles. The second-order valence-electron chi connectivity index (χ2n) is 4.53. The number of hydrogen-bond donors (Lipinski definition) is 1. The zero-order chi connectivity index (χ0) is 13.8. The molecule has 18 heavy (non-hydrogen) atoms. The van der Waals surface area contributed by atoms with Crippen LogP contribution in [0.3, 0.4) is 0 Å². The van der Waals surface area contributed by atoms with E-state index >= 15 is 0 Å². The number of sulfonamides is 1. The molecule has 1 rings (SSSR count). The van der Waals surface area contributed by atoms with Crippen molar-refractivity contribution in [3.63, 3.8) is 0 Å². The predicted molar refractivity (Wildman–Crippen MR) is 71.0 cm³/mol. The largest absolute Gasteiger partial charge is 0.332 e. The van der Waals surface area contributed by atoms with Crippen LogP contribution in [0.25, 0.3) is 0 Å². The van der Waals surface area contributed by atoms with E-state index in [1.54, 1.807) is 7.05 Å². The molecule has 0 aliphatic rings. The van der Waals surface area contributed by atoms with Crippen molar-refractivity contribution in [2.24, 2.45) is 0 Å². The topological polar surface area (TPSA) is 69.3 Å². The van der Waals surface area contributed by atoms with Crippen molar-refractivity contribution < 1.29 is 8.42 Å². The molecule has 0 bridgehead atoms. The van der Waals surface area contributed by atoms with Gasteiger partial charge in [-0.1, -0.05) is 6.92 Å². The van der Waals surface area contributed by atoms with E-state index in [0.29, 0.717) is 18.8 Å². The Morgan fingerprint density at radius 2 is 1.94 bits per heavy atom. The summed E-state index contributed by atoms with van der Waals surface area (Å²) in [5, 5.41) is 0.173. The van der Waals surface area contributed by atoms with Crippen LogP contribution in [0.4, 0.5) is 0 Å². The van der Waals surface area contributed by atoms with Crippen molar-refractivity contribution in [2.75, 3.05) is 34.2 Å². The predicted octanol–water partition coefficient (Wildman–Crippen LogP) is 0.544. The molecule has 0 aliphatic carbocycles. The molecule has 1 aromatic rings. The second kappa shape index (κ2) is 6.31. The molecule has 0 radical (unpaired) electrons. The summed E-state index contributed by atoms with van der Waals surface area (Å²) in [6, 6.07) is 0. The maximum absolute atomic E-state index is 12.2. The highest BCUT2D eigenvalue weighted by Gasteiger charge is 2.22. The van der Waals surface area contributed by atoms with Crippen LogP contribution in [0, 0.1) is 0 Å². The van der Waals surface area contributed by atoms with Crippen LogP contribution < -0.4 is 0 Å². The molecule has 6 nitrogen and oxygen atoms in total. The SMILES string of the molecule is CCc1ncc(S(=O)(=O)N(C)CCCN(C)C)[nH]1. The number of aromatic nitrogens is 2. The number of nitrogens with one attached hydrogen (secondary N) is 1. The van der Waals surface area contributed by atoms with Gasteiger partial charge in [0.05, 0.1) is 6.20 Å². The molecule has 0 saturated carbocycles. The van der Waals surface area contributed by atoms with Crippen molar-refractivity contribution in [3.8, 4) is 0 Å². The van der Waals surface area contributed by atoms with Crippen LogP contribution in [-0.2, 0) is 16.4 Å². The highest BCUT2D eigenvalue weighted by atomic mass is 32.2. The van der Waals surface area contributed by atoms with Gasteiger partial charge in [0.1, 0.15) is 5.82 Å². The average molecular weight is 274 g/mol. The Hall–Kier alpha value is -0.920. The summed E-state index contributed by atoms with van der Waals surface area (Å²) in [5.41, 5.74) is 0. The van der Waals surface area contributed by atoms with Gasteiger partial charge in [-0.2, -0.15) is 4.31 Å². The van der Waals surface area contributed by atoms with Gasteiger partial charge in [0.25, 0.3) is 10.0 Å². The first-order valence-electron chi connectivity index (χ1n) is 6.03. The van der Waals surface area contributed by atoms with Crippen LogP contribution in [0.2, 0.25) is 0 Å². The molecular formula is C11H22N4O2S. The average Bonchev–Trinajstić information content (AvgIpc) is 2.77. The third-order valence-corrected chi connectivity index (χ3v) is 4.47. The Morgan fingerprint density at radius 1 is 1.28 bits per heavy atom. The maximum Gasteiger partial charge on any atom is 0.259 e. The van der Waals surface area contributed by atoms with E-state index in [1.807, 2.05) is 25.9 Å². The van der Waals surface area contributed by atoms with Gasteiger partial charge in [0.2, 0.25) is 0 Å². The zero-order valence-electron chi connectivity index (χ0n) is 11.5. The Bertz CT molecular complexity index is 467. The van der Waals surface area contributed by atoms with E-state index in [9.17, 15) is 8.42 Å². The van der Waals surface area contributed by atoms with Gasteiger partial charge >= 0.3 is 0 Å². The lowest BCUT2D eigenvalue weighted by Crippen LogP contribution is -2.30. The summed E-state index contributed by atoms with van der Waals surface area (Å²) < 4.78 is 25.7. The van der Waals surface area contributed by atoms with E-state index in [4.69, 9.17) is 0 Å². The lowest BCUT2D eigenvalue weighted by Gasteiger charge is -2.17. The Kier molecular flexibility index (Phi) is 5.30. The number of nitrogens with zero attached hydrogens (tertiary/aromatic N) is 3. The minimum absolute atomic E-state index is 0.173. The normalized spacial score (nSPS) is 12.6. The van der Waals surface area contributed by atoms with E-state index in [-0.39, 0.29) is 5.03 Å². The molecule has 0 amide bonds. The summed E-state index contributed by atoms with van der Waals surface area (Å²) in [6.45, 7) is 3.29. The third kappa shape index (κ3) is 3.79. The Balaban J connectivity index is 2.67. The fourth-order valence-corrected chi connectivity index (χ4v) is 2.69. The minimum atomic E-state index is -3.43. The Labute approximate surface area is 109 Å². The number of imidazole rings is 1. The fraction of sp³-hybridized carbons (Fsp3) is 0.727. The van der Waals surface area contributed by atoms with Crippen molar-refractivity contribution in [1.82, 2.24) is 19.2 Å². The molecular weight excluding hydrogens is 252 g/mol. The van der Waals surface area contributed by atoms with Crippen molar-refractivity contribution in [1.29, 1.82) is 0 Å². The number of rotatable bonds is 7. The summed E-state index contributed by atoms with van der Waals surface area (Å²) in [5.74, 6) is 0.690. The van der Waals surface area contributed by atoms with Gasteiger partial charge in [0, 0.05) is 20.0 Å². The summed E-state index contributed by atoms with van der Waals surface area (Å²) >= 11 is 0. The highest BCUT2D eigenvalue weighted by Crippen LogP contribution is 2.12. The van der Waals surface area contributed by atoms with Gasteiger partial charge < -0.3 is 9.88 Å². The van der Waals surface area contributed by atoms with Crippen LogP contribution >= 0.6 is 0 Å². The molecule has 0 atom stereocenters. The van der Waals surface area contributed by atoms with Gasteiger partial charge in [0.15, 0.2) is 5.03 Å². The van der Waals surface area contributed by atoms with Crippen molar-refractivity contribution >= 4 is 10.0 Å². The number of aromatic amines is 1. The first-order valence-corrected chi connectivity index (χ1v) is 7.47. The van der Waals surface area contributed by atoms with E-state index in [2.05, 4.69) is 9.97 Å². The fourth-order valence-electron chi connectivity index (χ4n) is 1.55. The van der Waals surface area contributed by atoms with Gasteiger partial charge in [-0.3, -0.25) is 0 Å². The second-order valence-corrected chi connectivity index (χ2v) is 6.54. The van der Waals surface area contributed by atoms with Crippen molar-refractivity contribution in [3.05, 3.63) is 12.0 Å². The molecule has 0 saturated heterocycles. The monoisotopic (exact) mass is 274 g/mol. The molecule has 1 N–H and O–H groups in total. The summed E-state index contributed by atoms with van der Waals surface area (Å²) in [7, 11) is 2.10. The van der Waals surface area contributed by atoms with Crippen molar-refractivity contribution in [2.45, 2.75) is 24.8 Å². The van der Waals surface area contributed by atoms with Crippen LogP contribution in [0.1, 0.15) is 19.2 Å². The zero-order valence-corrected chi connectivity index (χ0v) is 12.3. The Morgan fingerprint density at radius 3 is 2.44 bits per heavy atom. The molecule has 0 unspecified atom stereocenters. The molecule has 0 spiro atoms. The first kappa shape index (κ1) is 15.1. The highest BCUT2D eigenvalue weighted by molar-refractivity contribution is 7.89. The van der Waals surface area contributed by atoms with Crippen LogP contribution in [0.5, 0.6) is 0 Å². The number of hydrogen-bond acceptors (Lipinski definition) is 4. The van der Waals surface area contributed by atoms with E-state index < -0.39 is 10.0 Å². The number of aryl methyl sites for hydroxylation is 1. The minimum Gasteiger partial charge on any atom is -0.332 e.